The number of carboxylic acids is 1. The summed E-state index contributed by atoms with van der Waals surface area (Å²) in [7, 11) is 1.51. The summed E-state index contributed by atoms with van der Waals surface area (Å²) in [6, 6.07) is 11.9. The van der Waals surface area contributed by atoms with Crippen molar-refractivity contribution in [1.82, 2.24) is 68.8 Å². The second-order valence-corrected chi connectivity index (χ2v) is 30.4. The molecule has 0 aliphatic carbocycles. The van der Waals surface area contributed by atoms with Crippen molar-refractivity contribution in [3.8, 4) is 0 Å². The highest BCUT2D eigenvalue weighted by atomic mass is 33.1. The van der Waals surface area contributed by atoms with Gasteiger partial charge in [0.2, 0.25) is 76.8 Å². The molecule has 5 aromatic rings. The largest absolute Gasteiger partial charge is 0.480 e. The minimum absolute atomic E-state index is 0.106. The summed E-state index contributed by atoms with van der Waals surface area (Å²) in [5.41, 5.74) is 25.7. The van der Waals surface area contributed by atoms with Crippen molar-refractivity contribution in [2.24, 2.45) is 28.9 Å². The number of Topliss-reactive ketones (excluding diaryl/α,β-unsaturated/α-hetero) is 1. The van der Waals surface area contributed by atoms with Gasteiger partial charge in [-0.05, 0) is 107 Å². The van der Waals surface area contributed by atoms with Crippen LogP contribution in [0.4, 0.5) is 0 Å². The van der Waals surface area contributed by atoms with Crippen molar-refractivity contribution in [1.29, 1.82) is 0 Å². The highest BCUT2D eigenvalue weighted by Crippen LogP contribution is 2.25. The van der Waals surface area contributed by atoms with Crippen LogP contribution in [0.15, 0.2) is 121 Å². The minimum atomic E-state index is -1.94. The number of rotatable bonds is 26. The molecule has 2 heterocycles. The third-order valence-corrected chi connectivity index (χ3v) is 21.0. The molecule has 6 rings (SSSR count). The third-order valence-electron chi connectivity index (χ3n) is 18.6. The van der Waals surface area contributed by atoms with Crippen LogP contribution in [0.5, 0.6) is 0 Å². The Labute approximate surface area is 671 Å². The lowest BCUT2D eigenvalue weighted by molar-refractivity contribution is -0.142. The molecule has 38 heteroatoms. The molecule has 1 fully saturated rings. The number of H-pyrrole nitrogens is 1. The fourth-order valence-corrected chi connectivity index (χ4v) is 14.5. The Morgan fingerprint density at radius 3 is 1.43 bits per heavy atom. The summed E-state index contributed by atoms with van der Waals surface area (Å²) in [5, 5.41) is 74.1. The second-order valence-electron chi connectivity index (χ2n) is 27.9. The topological polar surface area (TPSA) is 601 Å². The first kappa shape index (κ1) is 93.0. The second kappa shape index (κ2) is 47.7. The van der Waals surface area contributed by atoms with Crippen molar-refractivity contribution >= 4 is 121 Å². The number of aromatic nitrogens is 1. The predicted octanol–water partition coefficient (Wildman–Crippen LogP) is -3.82. The van der Waals surface area contributed by atoms with E-state index in [0.717, 1.165) is 35.4 Å². The number of benzene rings is 4. The Kier molecular flexibility index (Phi) is 38.6. The normalized spacial score (nSPS) is 23.8. The number of nitrogens with one attached hydrogen (secondary N) is 13. The number of aliphatic carboxylic acids is 1. The lowest BCUT2D eigenvalue weighted by atomic mass is 9.90. The number of aliphatic hydroxyl groups excluding tert-OH is 3. The number of primary amides is 1. The Hall–Kier alpha value is -10.9. The van der Waals surface area contributed by atoms with Crippen molar-refractivity contribution in [2.75, 3.05) is 37.7 Å². The molecule has 1 aliphatic rings. The highest BCUT2D eigenvalue weighted by Gasteiger charge is 2.40. The first-order chi connectivity index (χ1) is 54.9. The number of unbranched alkanes of at least 4 members (excludes halogenated alkanes) is 2. The van der Waals surface area contributed by atoms with Gasteiger partial charge in [0.1, 0.15) is 60.4 Å². The summed E-state index contributed by atoms with van der Waals surface area (Å²) >= 11 is 0. The van der Waals surface area contributed by atoms with E-state index >= 15 is 14.4 Å². The molecule has 13 amide bonds. The fourth-order valence-electron chi connectivity index (χ4n) is 12.2. The molecule has 1 saturated heterocycles. The number of amides is 13. The SMILES string of the molecule is C[C@H](N)C(=O)NCC(=O)N[C@H]1CSSC[C@@H](C(=O)O)NC(=O)[C@H](CO)NC(=O)[C@H]([C@@H](C)O)CC(=O)[C@H](Cc2ccccc2)NC(=O)[C@H]([C@@H](C)O)NC(=O)[C@H](CCCCN)NC(=O)[C@H](Cc2c[nH]c3ccccc23)NC(=O)[C@H](Cc2ccccc2)NC(=O)[C@H](Cc2ccccc2)NC(=O)[C@H](CC(N)=O)NC(=O)[C@H](CCCCN)NC1=O. The van der Waals surface area contributed by atoms with Crippen LogP contribution >= 0.6 is 21.6 Å². The highest BCUT2D eigenvalue weighted by molar-refractivity contribution is 8.76. The standard InChI is InChI=1S/C77H105N17O19S2/c1-42(80)66(101)83-38-64(100)84-60-40-114-115-41-61(77(112)113)93-74(109)59(39-95)92-67(102)50(43(2)96)35-62(98)54(31-45-19-7-4-8-20-45)87-76(111)65(44(3)97)94-69(104)53(28-16-18-30-79)85-72(107)57(34-48-37-82-51-26-14-13-25-49(48)51)90-71(106)56(33-47-23-11-6-12-24-47)88-70(105)55(32-46-21-9-5-10-22-46)89-73(108)58(36-63(81)99)91-68(103)52(86-75(60)110)27-15-17-29-78/h4-14,19-26,37,42-44,50,52-61,65,82,95-97H,15-18,27-36,38-41,78-80H2,1-3H3,(H2,81,99)(H,83,101)(H,84,100)(H,85,107)(H,86,110)(H,87,111)(H,88,105)(H,89,108)(H,90,106)(H,91,103)(H,92,102)(H,93,109)(H,94,104)(H,112,113)/t42-,43+,44+,50-,52-,53-,54-,55-,56-,57-,58-,59-,60-,61-,65-/m0/s1. The number of aliphatic hydroxyl groups is 3. The Morgan fingerprint density at radius 2 is 0.930 bits per heavy atom. The molecule has 0 saturated carbocycles. The van der Waals surface area contributed by atoms with Gasteiger partial charge in [0, 0.05) is 54.3 Å². The summed E-state index contributed by atoms with van der Waals surface area (Å²) in [6.07, 6.45) is -4.09. The van der Waals surface area contributed by atoms with Gasteiger partial charge in [-0.25, -0.2) is 4.79 Å². The predicted molar refractivity (Wildman–Crippen MR) is 426 cm³/mol. The van der Waals surface area contributed by atoms with Crippen LogP contribution in [0.3, 0.4) is 0 Å². The molecule has 0 radical (unpaired) electrons. The van der Waals surface area contributed by atoms with E-state index < -0.39 is 217 Å². The lowest BCUT2D eigenvalue weighted by Crippen LogP contribution is -2.62. The van der Waals surface area contributed by atoms with Crippen molar-refractivity contribution in [3.63, 3.8) is 0 Å². The first-order valence-corrected chi connectivity index (χ1v) is 40.1. The molecule has 25 N–H and O–H groups in total. The monoisotopic (exact) mass is 1640 g/mol. The summed E-state index contributed by atoms with van der Waals surface area (Å²) < 4.78 is 0. The van der Waals surface area contributed by atoms with Crippen molar-refractivity contribution in [3.05, 3.63) is 144 Å². The van der Waals surface area contributed by atoms with Gasteiger partial charge in [0.15, 0.2) is 5.78 Å². The molecule has 4 aromatic carbocycles. The molecular weight excluding hydrogens is 1530 g/mol. The van der Waals surface area contributed by atoms with E-state index in [9.17, 15) is 78.0 Å². The van der Waals surface area contributed by atoms with E-state index in [1.165, 1.54) is 6.92 Å². The number of ketones is 1. The number of para-hydroxylation sites is 1. The van der Waals surface area contributed by atoms with Gasteiger partial charge in [-0.15, -0.1) is 0 Å². The van der Waals surface area contributed by atoms with Gasteiger partial charge in [-0.1, -0.05) is 131 Å². The van der Waals surface area contributed by atoms with Gasteiger partial charge in [-0.3, -0.25) is 67.1 Å². The van der Waals surface area contributed by atoms with Crippen LogP contribution in [0.2, 0.25) is 0 Å². The maximum absolute atomic E-state index is 15.4. The van der Waals surface area contributed by atoms with E-state index in [0.29, 0.717) is 39.6 Å². The van der Waals surface area contributed by atoms with Crippen LogP contribution in [-0.2, 0) is 97.6 Å². The number of hydrogen-bond donors (Lipinski definition) is 21. The van der Waals surface area contributed by atoms with Crippen LogP contribution in [-0.4, -0.2) is 236 Å². The average molecular weight is 1640 g/mol. The number of carboxylic acid groups (broad SMARTS) is 1. The molecule has 115 heavy (non-hydrogen) atoms. The van der Waals surface area contributed by atoms with Crippen LogP contribution in [0.1, 0.15) is 94.4 Å². The zero-order valence-electron chi connectivity index (χ0n) is 64.0. The van der Waals surface area contributed by atoms with Crippen LogP contribution in [0.25, 0.3) is 10.9 Å². The first-order valence-electron chi connectivity index (χ1n) is 37.6. The van der Waals surface area contributed by atoms with Gasteiger partial charge >= 0.3 is 5.97 Å². The number of fused-ring (bicyclic) bond motifs is 1. The molecule has 15 atom stereocenters. The van der Waals surface area contributed by atoms with Gasteiger partial charge < -0.3 is 112 Å². The fraction of sp³-hybridized carbons (Fsp3) is 0.468. The molecule has 0 spiro atoms. The van der Waals surface area contributed by atoms with Crippen LogP contribution in [0, 0.1) is 5.92 Å². The molecule has 0 unspecified atom stereocenters. The zero-order valence-corrected chi connectivity index (χ0v) is 65.6. The number of aromatic amines is 1. The summed E-state index contributed by atoms with van der Waals surface area (Å²) in [4.78, 5) is 217. The molecular formula is C77H105N17O19S2. The molecule has 1 aliphatic heterocycles. The lowest BCUT2D eigenvalue weighted by Gasteiger charge is -2.29. The minimum Gasteiger partial charge on any atom is -0.480 e. The Balaban J connectivity index is 1.47. The van der Waals surface area contributed by atoms with E-state index in [1.807, 2.05) is 0 Å². The number of hydrogen-bond acceptors (Lipinski definition) is 23. The third kappa shape index (κ3) is 30.8. The summed E-state index contributed by atoms with van der Waals surface area (Å²) in [5.74, 6) is -19.0. The Morgan fingerprint density at radius 1 is 0.496 bits per heavy atom. The number of carbonyl (C=O) groups excluding carboxylic acids is 14. The molecule has 0 bridgehead atoms. The Bertz CT molecular complexity index is 4130. The molecule has 36 nitrogen and oxygen atoms in total. The zero-order chi connectivity index (χ0) is 84.3. The quantitative estimate of drug-likeness (QED) is 0.0186. The van der Waals surface area contributed by atoms with E-state index in [1.54, 1.807) is 121 Å². The summed E-state index contributed by atoms with van der Waals surface area (Å²) in [6.45, 7) is 2.00. The van der Waals surface area contributed by atoms with Gasteiger partial charge in [-0.2, -0.15) is 0 Å². The maximum Gasteiger partial charge on any atom is 0.327 e. The van der Waals surface area contributed by atoms with E-state index in [2.05, 4.69) is 68.8 Å². The van der Waals surface area contributed by atoms with Crippen molar-refractivity contribution in [2.45, 2.75) is 183 Å². The smallest absolute Gasteiger partial charge is 0.327 e. The number of carbonyl (C=O) groups is 15. The van der Waals surface area contributed by atoms with Gasteiger partial charge in [0.05, 0.1) is 49.8 Å². The molecule has 1 aromatic heterocycles. The maximum atomic E-state index is 15.4. The van der Waals surface area contributed by atoms with Crippen molar-refractivity contribution < 1.29 is 92.3 Å². The van der Waals surface area contributed by atoms with Crippen LogP contribution < -0.4 is 86.7 Å². The van der Waals surface area contributed by atoms with E-state index in [-0.39, 0.29) is 70.9 Å². The van der Waals surface area contributed by atoms with E-state index in [4.69, 9.17) is 22.9 Å². The van der Waals surface area contributed by atoms with Gasteiger partial charge in [0.25, 0.3) is 0 Å². The average Bonchev–Trinajstić information content (AvgIpc) is 1.71. The number of nitrogens with two attached hydrogens (primary N) is 4. The molecule has 624 valence electrons.